The molecule has 0 saturated heterocycles. The fourth-order valence-corrected chi connectivity index (χ4v) is 1.39. The summed E-state index contributed by atoms with van der Waals surface area (Å²) < 4.78 is 0. The van der Waals surface area contributed by atoms with E-state index in [4.69, 9.17) is 0 Å². The molecule has 0 aliphatic heterocycles. The van der Waals surface area contributed by atoms with Gasteiger partial charge in [-0.25, -0.2) is 4.98 Å². The van der Waals surface area contributed by atoms with Crippen molar-refractivity contribution in [1.82, 2.24) is 10.3 Å². The summed E-state index contributed by atoms with van der Waals surface area (Å²) in [4.78, 5) is 17.6. The van der Waals surface area contributed by atoms with Crippen LogP contribution in [0.5, 0.6) is 0 Å². The van der Waals surface area contributed by atoms with Gasteiger partial charge in [0.15, 0.2) is 0 Å². The minimum Gasteiger partial charge on any atom is -0.319 e. The summed E-state index contributed by atoms with van der Waals surface area (Å²) >= 11 is 0. The Kier molecular flexibility index (Phi) is 4.24. The van der Waals surface area contributed by atoms with Crippen molar-refractivity contribution in [3.8, 4) is 0 Å². The highest BCUT2D eigenvalue weighted by Gasteiger charge is 2.18. The fourth-order valence-electron chi connectivity index (χ4n) is 1.39. The number of pyridine rings is 1. The number of carbonyl (C=O) groups is 1. The van der Waals surface area contributed by atoms with Crippen LogP contribution in [0.4, 0.5) is 5.82 Å². The van der Waals surface area contributed by atoms with Crippen molar-refractivity contribution in [3.63, 3.8) is 0 Å². The number of amides is 1. The largest absolute Gasteiger partial charge is 0.319 e. The van der Waals surface area contributed by atoms with E-state index in [0.29, 0.717) is 12.4 Å². The van der Waals surface area contributed by atoms with Gasteiger partial charge in [0.05, 0.1) is 0 Å². The number of hydrogen-bond acceptors (Lipinski definition) is 3. The van der Waals surface area contributed by atoms with E-state index in [1.54, 1.807) is 18.1 Å². The fraction of sp³-hybridized carbons (Fsp3) is 0.455. The summed E-state index contributed by atoms with van der Waals surface area (Å²) in [6.45, 7) is 2.58. The predicted octanol–water partition coefficient (Wildman–Crippen LogP) is 0.900. The second-order valence-electron chi connectivity index (χ2n) is 3.54. The molecule has 1 aromatic heterocycles. The molecule has 1 rings (SSSR count). The Morgan fingerprint density at radius 1 is 1.60 bits per heavy atom. The van der Waals surface area contributed by atoms with Crippen LogP contribution in [0.15, 0.2) is 24.4 Å². The molecule has 4 nitrogen and oxygen atoms in total. The van der Waals surface area contributed by atoms with Gasteiger partial charge in [0.1, 0.15) is 5.82 Å². The van der Waals surface area contributed by atoms with Crippen molar-refractivity contribution in [2.75, 3.05) is 25.5 Å². The number of carbonyl (C=O) groups excluding carboxylic acids is 1. The van der Waals surface area contributed by atoms with Crippen molar-refractivity contribution >= 4 is 11.7 Å². The Morgan fingerprint density at radius 2 is 2.33 bits per heavy atom. The van der Waals surface area contributed by atoms with Crippen LogP contribution in [-0.2, 0) is 4.79 Å². The lowest BCUT2D eigenvalue weighted by molar-refractivity contribution is -0.121. The van der Waals surface area contributed by atoms with Crippen molar-refractivity contribution in [1.29, 1.82) is 0 Å². The molecule has 0 bridgehead atoms. The summed E-state index contributed by atoms with van der Waals surface area (Å²) in [7, 11) is 3.58. The van der Waals surface area contributed by atoms with Gasteiger partial charge in [-0.2, -0.15) is 0 Å². The van der Waals surface area contributed by atoms with E-state index in [0.717, 1.165) is 0 Å². The Labute approximate surface area is 90.3 Å². The zero-order chi connectivity index (χ0) is 11.3. The zero-order valence-electron chi connectivity index (χ0n) is 9.40. The average molecular weight is 207 g/mol. The maximum absolute atomic E-state index is 11.9. The van der Waals surface area contributed by atoms with Gasteiger partial charge < -0.3 is 5.32 Å². The molecule has 1 amide bonds. The monoisotopic (exact) mass is 207 g/mol. The third-order valence-corrected chi connectivity index (χ3v) is 2.26. The maximum Gasteiger partial charge on any atom is 0.231 e. The molecule has 1 heterocycles. The first kappa shape index (κ1) is 11.7. The topological polar surface area (TPSA) is 45.2 Å². The molecule has 0 aromatic carbocycles. The molecule has 1 unspecified atom stereocenters. The lowest BCUT2D eigenvalue weighted by atomic mass is 10.1. The molecular weight excluding hydrogens is 190 g/mol. The van der Waals surface area contributed by atoms with Crippen LogP contribution >= 0.6 is 0 Å². The molecule has 0 aliphatic carbocycles. The van der Waals surface area contributed by atoms with Crippen LogP contribution in [0.25, 0.3) is 0 Å². The molecular formula is C11H17N3O. The first-order valence-corrected chi connectivity index (χ1v) is 5.00. The van der Waals surface area contributed by atoms with Gasteiger partial charge in [-0.1, -0.05) is 13.0 Å². The highest BCUT2D eigenvalue weighted by molar-refractivity contribution is 5.93. The summed E-state index contributed by atoms with van der Waals surface area (Å²) in [6, 6.07) is 5.53. The SMILES string of the molecule is CNCC(C)C(=O)N(C)c1ccccn1. The van der Waals surface area contributed by atoms with Gasteiger partial charge in [0.2, 0.25) is 5.91 Å². The second kappa shape index (κ2) is 5.46. The molecule has 82 valence electrons. The first-order valence-electron chi connectivity index (χ1n) is 5.00. The summed E-state index contributed by atoms with van der Waals surface area (Å²) in [6.07, 6.45) is 1.68. The van der Waals surface area contributed by atoms with E-state index in [1.807, 2.05) is 32.2 Å². The molecule has 0 radical (unpaired) electrons. The van der Waals surface area contributed by atoms with Gasteiger partial charge in [-0.3, -0.25) is 9.69 Å². The molecule has 0 spiro atoms. The smallest absolute Gasteiger partial charge is 0.231 e. The molecule has 0 saturated carbocycles. The van der Waals surface area contributed by atoms with E-state index >= 15 is 0 Å². The van der Waals surface area contributed by atoms with Crippen molar-refractivity contribution in [2.24, 2.45) is 5.92 Å². The Morgan fingerprint density at radius 3 is 2.87 bits per heavy atom. The predicted molar refractivity (Wildman–Crippen MR) is 60.7 cm³/mol. The first-order chi connectivity index (χ1) is 7.16. The van der Waals surface area contributed by atoms with E-state index in [-0.39, 0.29) is 11.8 Å². The Balaban J connectivity index is 2.69. The number of rotatable bonds is 4. The number of nitrogens with zero attached hydrogens (tertiary/aromatic N) is 2. The van der Waals surface area contributed by atoms with Crippen LogP contribution in [0.1, 0.15) is 6.92 Å². The summed E-state index contributed by atoms with van der Waals surface area (Å²) in [5.74, 6) is 0.718. The van der Waals surface area contributed by atoms with Gasteiger partial charge in [0.25, 0.3) is 0 Å². The van der Waals surface area contributed by atoms with Gasteiger partial charge in [-0.05, 0) is 19.2 Å². The third-order valence-electron chi connectivity index (χ3n) is 2.26. The molecule has 1 N–H and O–H groups in total. The lowest BCUT2D eigenvalue weighted by Gasteiger charge is -2.20. The molecule has 1 aromatic rings. The minimum atomic E-state index is -0.0398. The summed E-state index contributed by atoms with van der Waals surface area (Å²) in [5, 5.41) is 2.99. The number of nitrogens with one attached hydrogen (secondary N) is 1. The minimum absolute atomic E-state index is 0.0398. The van der Waals surface area contributed by atoms with Gasteiger partial charge >= 0.3 is 0 Å². The van der Waals surface area contributed by atoms with Gasteiger partial charge in [-0.15, -0.1) is 0 Å². The van der Waals surface area contributed by atoms with Crippen LogP contribution in [0.2, 0.25) is 0 Å². The molecule has 4 heteroatoms. The standard InChI is InChI=1S/C11H17N3O/c1-9(8-12-2)11(15)14(3)10-6-4-5-7-13-10/h4-7,9,12H,8H2,1-3H3. The maximum atomic E-state index is 11.9. The number of hydrogen-bond donors (Lipinski definition) is 1. The van der Waals surface area contributed by atoms with E-state index in [9.17, 15) is 4.79 Å². The Hall–Kier alpha value is -1.42. The number of aromatic nitrogens is 1. The molecule has 0 fully saturated rings. The normalized spacial score (nSPS) is 12.2. The van der Waals surface area contributed by atoms with Crippen LogP contribution < -0.4 is 10.2 Å². The van der Waals surface area contributed by atoms with Crippen molar-refractivity contribution in [3.05, 3.63) is 24.4 Å². The van der Waals surface area contributed by atoms with Crippen LogP contribution in [0.3, 0.4) is 0 Å². The number of anilines is 1. The van der Waals surface area contributed by atoms with E-state index in [2.05, 4.69) is 10.3 Å². The molecule has 15 heavy (non-hydrogen) atoms. The van der Waals surface area contributed by atoms with Crippen LogP contribution in [0, 0.1) is 5.92 Å². The highest BCUT2D eigenvalue weighted by atomic mass is 16.2. The van der Waals surface area contributed by atoms with Crippen LogP contribution in [-0.4, -0.2) is 31.5 Å². The molecule has 1 atom stereocenters. The second-order valence-corrected chi connectivity index (χ2v) is 3.54. The van der Waals surface area contributed by atoms with E-state index in [1.165, 1.54) is 0 Å². The van der Waals surface area contributed by atoms with Crippen molar-refractivity contribution < 1.29 is 4.79 Å². The highest BCUT2D eigenvalue weighted by Crippen LogP contribution is 2.10. The quantitative estimate of drug-likeness (QED) is 0.798. The Bertz CT molecular complexity index is 313. The van der Waals surface area contributed by atoms with E-state index < -0.39 is 0 Å². The zero-order valence-corrected chi connectivity index (χ0v) is 9.40. The van der Waals surface area contributed by atoms with Crippen molar-refractivity contribution in [2.45, 2.75) is 6.92 Å². The third kappa shape index (κ3) is 3.02. The molecule has 0 aliphatic rings. The lowest BCUT2D eigenvalue weighted by Crippen LogP contribution is -2.36. The van der Waals surface area contributed by atoms with Gasteiger partial charge in [0, 0.05) is 25.7 Å². The summed E-state index contributed by atoms with van der Waals surface area (Å²) in [5.41, 5.74) is 0. The average Bonchev–Trinajstić information content (AvgIpc) is 2.28.